The van der Waals surface area contributed by atoms with Crippen LogP contribution in [-0.2, 0) is 0 Å². The molecule has 1 aliphatic rings. The van der Waals surface area contributed by atoms with Gasteiger partial charge in [-0.15, -0.1) is 0 Å². The Morgan fingerprint density at radius 2 is 1.78 bits per heavy atom. The minimum atomic E-state index is 0.563. The van der Waals surface area contributed by atoms with E-state index in [2.05, 4.69) is 26.2 Å². The monoisotopic (exact) mass is 386 g/mol. The predicted octanol–water partition coefficient (Wildman–Crippen LogP) is 3.23. The van der Waals surface area contributed by atoms with Crippen LogP contribution in [0.25, 0.3) is 0 Å². The van der Waals surface area contributed by atoms with Crippen LogP contribution in [0.5, 0.6) is 11.6 Å². The lowest BCUT2D eigenvalue weighted by atomic mass is 10.2. The van der Waals surface area contributed by atoms with Crippen molar-refractivity contribution in [3.8, 4) is 11.6 Å². The van der Waals surface area contributed by atoms with Crippen LogP contribution in [0.15, 0.2) is 30.3 Å². The highest BCUT2D eigenvalue weighted by Gasteiger charge is 2.22. The predicted molar refractivity (Wildman–Crippen MR) is 113 cm³/mol. The molecule has 0 radical (unpaired) electrons. The van der Waals surface area contributed by atoms with E-state index < -0.39 is 0 Å². The summed E-state index contributed by atoms with van der Waals surface area (Å²) in [5.41, 5.74) is 3.98. The number of nitrogens with zero attached hydrogens (tertiary/aromatic N) is 3. The number of piperazine rings is 1. The van der Waals surface area contributed by atoms with E-state index in [1.807, 2.05) is 38.1 Å². The molecular formula is C20H26N4O2S. The quantitative estimate of drug-likeness (QED) is 0.810. The molecule has 1 fully saturated rings. The average molecular weight is 387 g/mol. The molecule has 144 valence electrons. The second kappa shape index (κ2) is 8.43. The van der Waals surface area contributed by atoms with Crippen LogP contribution < -0.4 is 19.7 Å². The normalized spacial score (nSPS) is 14.1. The molecule has 0 bridgehead atoms. The van der Waals surface area contributed by atoms with Crippen molar-refractivity contribution in [2.45, 2.75) is 13.8 Å². The molecule has 0 saturated carbocycles. The summed E-state index contributed by atoms with van der Waals surface area (Å²) in [7, 11) is 3.33. The molecule has 0 unspecified atom stereocenters. The van der Waals surface area contributed by atoms with Gasteiger partial charge in [-0.2, -0.15) is 0 Å². The zero-order valence-electron chi connectivity index (χ0n) is 16.3. The Bertz CT molecular complexity index is 820. The molecule has 1 aromatic carbocycles. The smallest absolute Gasteiger partial charge is 0.237 e. The first-order chi connectivity index (χ1) is 13.0. The number of ether oxygens (including phenoxy) is 2. The highest BCUT2D eigenvalue weighted by molar-refractivity contribution is 7.80. The summed E-state index contributed by atoms with van der Waals surface area (Å²) in [5, 5.41) is 4.00. The SMILES string of the molecule is COc1ccccc1N1CCN(C(=S)Nc2cc(C)c(C)nc2OC)CC1. The average Bonchev–Trinajstić information content (AvgIpc) is 2.70. The summed E-state index contributed by atoms with van der Waals surface area (Å²) < 4.78 is 10.9. The third-order valence-corrected chi connectivity index (χ3v) is 5.22. The summed E-state index contributed by atoms with van der Waals surface area (Å²) in [6.07, 6.45) is 0. The molecule has 2 aromatic rings. The molecule has 2 heterocycles. The summed E-state index contributed by atoms with van der Waals surface area (Å²) in [5.74, 6) is 1.46. The van der Waals surface area contributed by atoms with Crippen LogP contribution in [0, 0.1) is 13.8 Å². The molecule has 1 saturated heterocycles. The number of nitrogens with one attached hydrogen (secondary N) is 1. The number of benzene rings is 1. The van der Waals surface area contributed by atoms with Crippen LogP contribution in [0.1, 0.15) is 11.3 Å². The minimum absolute atomic E-state index is 0.563. The summed E-state index contributed by atoms with van der Waals surface area (Å²) in [4.78, 5) is 8.98. The van der Waals surface area contributed by atoms with Crippen LogP contribution in [-0.4, -0.2) is 55.4 Å². The number of pyridine rings is 1. The van der Waals surface area contributed by atoms with Crippen LogP contribution >= 0.6 is 12.2 Å². The van der Waals surface area contributed by atoms with Crippen molar-refractivity contribution in [3.63, 3.8) is 0 Å². The Morgan fingerprint density at radius 3 is 2.44 bits per heavy atom. The Balaban J connectivity index is 1.65. The van der Waals surface area contributed by atoms with Gasteiger partial charge in [0, 0.05) is 31.9 Å². The lowest BCUT2D eigenvalue weighted by Gasteiger charge is -2.37. The van der Waals surface area contributed by atoms with Crippen LogP contribution in [0.2, 0.25) is 0 Å². The zero-order chi connectivity index (χ0) is 19.4. The fourth-order valence-electron chi connectivity index (χ4n) is 3.16. The number of para-hydroxylation sites is 2. The lowest BCUT2D eigenvalue weighted by molar-refractivity contribution is 0.381. The lowest BCUT2D eigenvalue weighted by Crippen LogP contribution is -2.50. The molecule has 7 heteroatoms. The molecule has 0 spiro atoms. The first-order valence-corrected chi connectivity index (χ1v) is 9.40. The Morgan fingerprint density at radius 1 is 1.07 bits per heavy atom. The largest absolute Gasteiger partial charge is 0.495 e. The standard InChI is InChI=1S/C20H26N4O2S/c1-14-13-16(19(26-4)21-15(14)2)22-20(27)24-11-9-23(10-12-24)17-7-5-6-8-18(17)25-3/h5-8,13H,9-12H2,1-4H3,(H,22,27). The third kappa shape index (κ3) is 4.24. The molecule has 3 rings (SSSR count). The van der Waals surface area contributed by atoms with E-state index in [0.29, 0.717) is 11.0 Å². The third-order valence-electron chi connectivity index (χ3n) is 4.86. The maximum absolute atomic E-state index is 5.63. The van der Waals surface area contributed by atoms with E-state index in [0.717, 1.165) is 54.6 Å². The van der Waals surface area contributed by atoms with Gasteiger partial charge in [0.2, 0.25) is 5.88 Å². The molecule has 1 N–H and O–H groups in total. The number of hydrogen-bond acceptors (Lipinski definition) is 5. The molecular weight excluding hydrogens is 360 g/mol. The van der Waals surface area contributed by atoms with Gasteiger partial charge in [0.1, 0.15) is 11.4 Å². The topological polar surface area (TPSA) is 49.9 Å². The van der Waals surface area contributed by atoms with Crippen molar-refractivity contribution in [1.29, 1.82) is 0 Å². The number of aromatic nitrogens is 1. The highest BCUT2D eigenvalue weighted by atomic mass is 32.1. The van der Waals surface area contributed by atoms with E-state index in [-0.39, 0.29) is 0 Å². The minimum Gasteiger partial charge on any atom is -0.495 e. The molecule has 1 aliphatic heterocycles. The summed E-state index contributed by atoms with van der Waals surface area (Å²) >= 11 is 5.63. The first-order valence-electron chi connectivity index (χ1n) is 8.99. The second-order valence-electron chi connectivity index (χ2n) is 6.52. The van der Waals surface area contributed by atoms with E-state index >= 15 is 0 Å². The van der Waals surface area contributed by atoms with Crippen molar-refractivity contribution >= 4 is 28.7 Å². The van der Waals surface area contributed by atoms with Gasteiger partial charge in [0.25, 0.3) is 0 Å². The van der Waals surface area contributed by atoms with Gasteiger partial charge in [-0.25, -0.2) is 4.98 Å². The van der Waals surface area contributed by atoms with E-state index in [9.17, 15) is 0 Å². The highest BCUT2D eigenvalue weighted by Crippen LogP contribution is 2.29. The van der Waals surface area contributed by atoms with Crippen molar-refractivity contribution in [2.75, 3.05) is 50.6 Å². The van der Waals surface area contributed by atoms with Crippen molar-refractivity contribution in [1.82, 2.24) is 9.88 Å². The molecule has 27 heavy (non-hydrogen) atoms. The fraction of sp³-hybridized carbons (Fsp3) is 0.400. The molecule has 0 amide bonds. The van der Waals surface area contributed by atoms with E-state index in [1.165, 1.54) is 0 Å². The second-order valence-corrected chi connectivity index (χ2v) is 6.91. The van der Waals surface area contributed by atoms with Crippen LogP contribution in [0.3, 0.4) is 0 Å². The van der Waals surface area contributed by atoms with E-state index in [4.69, 9.17) is 21.7 Å². The number of methoxy groups -OCH3 is 2. The van der Waals surface area contributed by atoms with Gasteiger partial charge < -0.3 is 24.6 Å². The Kier molecular flexibility index (Phi) is 6.01. The van der Waals surface area contributed by atoms with Gasteiger partial charge in [0.05, 0.1) is 19.9 Å². The number of aryl methyl sites for hydroxylation is 2. The number of thiocarbonyl (C=S) groups is 1. The number of anilines is 2. The fourth-order valence-corrected chi connectivity index (χ4v) is 3.46. The summed E-state index contributed by atoms with van der Waals surface area (Å²) in [6, 6.07) is 10.1. The molecule has 0 aliphatic carbocycles. The maximum atomic E-state index is 5.63. The van der Waals surface area contributed by atoms with Crippen molar-refractivity contribution < 1.29 is 9.47 Å². The van der Waals surface area contributed by atoms with Crippen LogP contribution in [0.4, 0.5) is 11.4 Å². The Hall–Kier alpha value is -2.54. The van der Waals surface area contributed by atoms with Gasteiger partial charge in [0.15, 0.2) is 5.11 Å². The van der Waals surface area contributed by atoms with Gasteiger partial charge in [-0.3, -0.25) is 0 Å². The van der Waals surface area contributed by atoms with Gasteiger partial charge in [-0.1, -0.05) is 12.1 Å². The van der Waals surface area contributed by atoms with Crippen molar-refractivity contribution in [2.24, 2.45) is 0 Å². The number of hydrogen-bond donors (Lipinski definition) is 1. The van der Waals surface area contributed by atoms with Crippen molar-refractivity contribution in [3.05, 3.63) is 41.6 Å². The molecule has 1 aromatic heterocycles. The molecule has 0 atom stereocenters. The summed E-state index contributed by atoms with van der Waals surface area (Å²) in [6.45, 7) is 7.43. The van der Waals surface area contributed by atoms with E-state index in [1.54, 1.807) is 14.2 Å². The number of rotatable bonds is 4. The molecule has 6 nitrogen and oxygen atoms in total. The zero-order valence-corrected chi connectivity index (χ0v) is 17.1. The van der Waals surface area contributed by atoms with Gasteiger partial charge >= 0.3 is 0 Å². The Labute approximate surface area is 166 Å². The maximum Gasteiger partial charge on any atom is 0.237 e. The first kappa shape index (κ1) is 19.2. The van der Waals surface area contributed by atoms with Gasteiger partial charge in [-0.05, 0) is 49.8 Å².